The molecule has 0 radical (unpaired) electrons. The van der Waals surface area contributed by atoms with Crippen molar-refractivity contribution >= 4 is 11.7 Å². The standard InChI is InChI=1S/C20H16FNO2/c21-18-10-8-16(9-11-18)15-6-4-14(5-7-15)13-22-19-3-1-2-17(12-19)20(23)24/h1-12,22H,13H2,(H,23,24). The highest BCUT2D eigenvalue weighted by atomic mass is 19.1. The quantitative estimate of drug-likeness (QED) is 0.709. The van der Waals surface area contributed by atoms with Gasteiger partial charge >= 0.3 is 5.97 Å². The van der Waals surface area contributed by atoms with Gasteiger partial charge < -0.3 is 10.4 Å². The Morgan fingerprint density at radius 3 is 2.17 bits per heavy atom. The first-order valence-electron chi connectivity index (χ1n) is 7.54. The maximum absolute atomic E-state index is 13.0. The van der Waals surface area contributed by atoms with Crippen molar-refractivity contribution in [1.29, 1.82) is 0 Å². The van der Waals surface area contributed by atoms with Crippen LogP contribution in [0.4, 0.5) is 10.1 Å². The molecule has 120 valence electrons. The van der Waals surface area contributed by atoms with Crippen LogP contribution in [0.1, 0.15) is 15.9 Å². The monoisotopic (exact) mass is 321 g/mol. The summed E-state index contributed by atoms with van der Waals surface area (Å²) in [6.07, 6.45) is 0. The fourth-order valence-electron chi connectivity index (χ4n) is 2.42. The van der Waals surface area contributed by atoms with Crippen LogP contribution in [-0.2, 0) is 6.54 Å². The summed E-state index contributed by atoms with van der Waals surface area (Å²) in [4.78, 5) is 11.0. The molecule has 0 unspecified atom stereocenters. The van der Waals surface area contributed by atoms with Crippen LogP contribution in [0.3, 0.4) is 0 Å². The van der Waals surface area contributed by atoms with Gasteiger partial charge in [0.2, 0.25) is 0 Å². The number of halogens is 1. The molecule has 3 aromatic rings. The number of anilines is 1. The molecule has 0 aliphatic rings. The van der Waals surface area contributed by atoms with Crippen LogP contribution in [0.15, 0.2) is 72.8 Å². The average molecular weight is 321 g/mol. The van der Waals surface area contributed by atoms with Crippen molar-refractivity contribution in [3.05, 3.63) is 89.7 Å². The molecule has 0 aliphatic heterocycles. The molecule has 0 amide bonds. The van der Waals surface area contributed by atoms with Crippen LogP contribution >= 0.6 is 0 Å². The summed E-state index contributed by atoms with van der Waals surface area (Å²) in [5, 5.41) is 12.2. The minimum absolute atomic E-state index is 0.247. The van der Waals surface area contributed by atoms with E-state index in [4.69, 9.17) is 5.11 Å². The van der Waals surface area contributed by atoms with E-state index in [2.05, 4.69) is 5.32 Å². The van der Waals surface area contributed by atoms with E-state index in [1.54, 1.807) is 30.3 Å². The van der Waals surface area contributed by atoms with Crippen molar-refractivity contribution in [2.45, 2.75) is 6.54 Å². The van der Waals surface area contributed by atoms with Crippen LogP contribution in [-0.4, -0.2) is 11.1 Å². The van der Waals surface area contributed by atoms with Gasteiger partial charge in [-0.3, -0.25) is 0 Å². The summed E-state index contributed by atoms with van der Waals surface area (Å²) in [6.45, 7) is 0.590. The van der Waals surface area contributed by atoms with E-state index < -0.39 is 5.97 Å². The molecule has 3 aromatic carbocycles. The van der Waals surface area contributed by atoms with E-state index in [1.807, 2.05) is 30.3 Å². The van der Waals surface area contributed by atoms with Crippen LogP contribution in [0.25, 0.3) is 11.1 Å². The van der Waals surface area contributed by atoms with E-state index in [-0.39, 0.29) is 11.4 Å². The number of benzene rings is 3. The van der Waals surface area contributed by atoms with Crippen molar-refractivity contribution in [2.24, 2.45) is 0 Å². The Morgan fingerprint density at radius 1 is 0.917 bits per heavy atom. The van der Waals surface area contributed by atoms with E-state index in [0.29, 0.717) is 6.54 Å². The summed E-state index contributed by atoms with van der Waals surface area (Å²) in [5.74, 6) is -1.19. The summed E-state index contributed by atoms with van der Waals surface area (Å²) in [7, 11) is 0. The third-order valence-corrected chi connectivity index (χ3v) is 3.74. The Balaban J connectivity index is 1.67. The molecular weight excluding hydrogens is 305 g/mol. The summed E-state index contributed by atoms with van der Waals surface area (Å²) in [6, 6.07) is 21.1. The van der Waals surface area contributed by atoms with Gasteiger partial charge in [-0.05, 0) is 47.0 Å². The topological polar surface area (TPSA) is 49.3 Å². The molecule has 0 atom stereocenters. The Bertz CT molecular complexity index is 842. The Kier molecular flexibility index (Phi) is 4.57. The summed E-state index contributed by atoms with van der Waals surface area (Å²) >= 11 is 0. The highest BCUT2D eigenvalue weighted by molar-refractivity contribution is 5.88. The number of hydrogen-bond donors (Lipinski definition) is 2. The van der Waals surface area contributed by atoms with Gasteiger partial charge in [-0.15, -0.1) is 0 Å². The molecule has 3 nitrogen and oxygen atoms in total. The number of nitrogens with one attached hydrogen (secondary N) is 1. The van der Waals surface area contributed by atoms with Gasteiger partial charge in [-0.2, -0.15) is 0 Å². The van der Waals surface area contributed by atoms with Crippen LogP contribution in [0.5, 0.6) is 0 Å². The molecule has 0 saturated carbocycles. The number of carboxylic acid groups (broad SMARTS) is 1. The number of rotatable bonds is 5. The van der Waals surface area contributed by atoms with Gasteiger partial charge in [-0.25, -0.2) is 9.18 Å². The lowest BCUT2D eigenvalue weighted by molar-refractivity contribution is 0.0697. The Labute approximate surface area is 139 Å². The third kappa shape index (κ3) is 3.79. The predicted molar refractivity (Wildman–Crippen MR) is 92.6 cm³/mol. The second kappa shape index (κ2) is 6.96. The SMILES string of the molecule is O=C(O)c1cccc(NCc2ccc(-c3ccc(F)cc3)cc2)c1. The lowest BCUT2D eigenvalue weighted by Crippen LogP contribution is -2.01. The maximum Gasteiger partial charge on any atom is 0.335 e. The predicted octanol–water partition coefficient (Wildman–Crippen LogP) is 4.80. The number of carbonyl (C=O) groups is 1. The zero-order valence-corrected chi connectivity index (χ0v) is 12.9. The molecule has 0 aromatic heterocycles. The molecule has 4 heteroatoms. The molecule has 0 heterocycles. The van der Waals surface area contributed by atoms with E-state index in [0.717, 1.165) is 22.4 Å². The van der Waals surface area contributed by atoms with Crippen molar-refractivity contribution < 1.29 is 14.3 Å². The second-order valence-electron chi connectivity index (χ2n) is 5.44. The number of aromatic carboxylic acids is 1. The molecule has 0 saturated heterocycles. The molecule has 3 rings (SSSR count). The van der Waals surface area contributed by atoms with Gasteiger partial charge in [-0.1, -0.05) is 42.5 Å². The summed E-state index contributed by atoms with van der Waals surface area (Å²) in [5.41, 5.74) is 4.07. The lowest BCUT2D eigenvalue weighted by Gasteiger charge is -2.08. The minimum atomic E-state index is -0.942. The summed E-state index contributed by atoms with van der Waals surface area (Å²) < 4.78 is 13.0. The fraction of sp³-hybridized carbons (Fsp3) is 0.0500. The third-order valence-electron chi connectivity index (χ3n) is 3.74. The van der Waals surface area contributed by atoms with Gasteiger partial charge in [0.05, 0.1) is 5.56 Å². The maximum atomic E-state index is 13.0. The zero-order chi connectivity index (χ0) is 16.9. The van der Waals surface area contributed by atoms with E-state index in [1.165, 1.54) is 12.1 Å². The first kappa shape index (κ1) is 15.7. The molecule has 0 aliphatic carbocycles. The van der Waals surface area contributed by atoms with Crippen molar-refractivity contribution in [3.8, 4) is 11.1 Å². The molecule has 24 heavy (non-hydrogen) atoms. The highest BCUT2D eigenvalue weighted by Crippen LogP contribution is 2.20. The van der Waals surface area contributed by atoms with Gasteiger partial charge in [0, 0.05) is 12.2 Å². The fourth-order valence-corrected chi connectivity index (χ4v) is 2.42. The largest absolute Gasteiger partial charge is 0.478 e. The van der Waals surface area contributed by atoms with Crippen molar-refractivity contribution in [2.75, 3.05) is 5.32 Å². The second-order valence-corrected chi connectivity index (χ2v) is 5.44. The molecule has 0 fully saturated rings. The van der Waals surface area contributed by atoms with Crippen molar-refractivity contribution in [1.82, 2.24) is 0 Å². The highest BCUT2D eigenvalue weighted by Gasteiger charge is 2.03. The van der Waals surface area contributed by atoms with Gasteiger partial charge in [0.1, 0.15) is 5.82 Å². The van der Waals surface area contributed by atoms with Gasteiger partial charge in [0.25, 0.3) is 0 Å². The molecule has 0 bridgehead atoms. The normalized spacial score (nSPS) is 10.4. The molecule has 2 N–H and O–H groups in total. The molecule has 0 spiro atoms. The minimum Gasteiger partial charge on any atom is -0.478 e. The van der Waals surface area contributed by atoms with Crippen LogP contribution < -0.4 is 5.32 Å². The average Bonchev–Trinajstić information content (AvgIpc) is 2.61. The molecular formula is C20H16FNO2. The smallest absolute Gasteiger partial charge is 0.335 e. The van der Waals surface area contributed by atoms with E-state index in [9.17, 15) is 9.18 Å². The Morgan fingerprint density at radius 2 is 1.54 bits per heavy atom. The van der Waals surface area contributed by atoms with Crippen LogP contribution in [0, 0.1) is 5.82 Å². The lowest BCUT2D eigenvalue weighted by atomic mass is 10.0. The van der Waals surface area contributed by atoms with E-state index >= 15 is 0 Å². The van der Waals surface area contributed by atoms with Crippen molar-refractivity contribution in [3.63, 3.8) is 0 Å². The van der Waals surface area contributed by atoms with Crippen LogP contribution in [0.2, 0.25) is 0 Å². The number of carboxylic acids is 1. The Hall–Kier alpha value is -3.14. The number of hydrogen-bond acceptors (Lipinski definition) is 2. The zero-order valence-electron chi connectivity index (χ0n) is 12.9. The first-order chi connectivity index (χ1) is 11.6. The first-order valence-corrected chi connectivity index (χ1v) is 7.54. The van der Waals surface area contributed by atoms with Gasteiger partial charge in [0.15, 0.2) is 0 Å².